The third kappa shape index (κ3) is 6.50. The average Bonchev–Trinajstić information content (AvgIpc) is 3.87. The molecule has 1 saturated carbocycles. The summed E-state index contributed by atoms with van der Waals surface area (Å²) in [7, 11) is 0. The molecule has 2 atom stereocenters. The number of aryl methyl sites for hydroxylation is 3. The van der Waals surface area contributed by atoms with Crippen molar-refractivity contribution >= 4 is 17.6 Å². The Morgan fingerprint density at radius 2 is 1.64 bits per heavy atom. The number of hydrogen-bond donors (Lipinski definition) is 2. The molecular formula is C38H45N3O4. The number of rotatable bonds is 10. The number of carboxylic acid groups (broad SMARTS) is 1. The zero-order chi connectivity index (χ0) is 31.7. The van der Waals surface area contributed by atoms with E-state index in [-0.39, 0.29) is 18.0 Å². The first-order valence-electron chi connectivity index (χ1n) is 16.3. The second kappa shape index (κ2) is 13.1. The minimum atomic E-state index is -0.955. The molecule has 2 bridgehead atoms. The van der Waals surface area contributed by atoms with E-state index in [9.17, 15) is 14.7 Å². The Hall–Kier alpha value is -4.10. The number of nitrogens with zero attached hydrogens (tertiary/aromatic N) is 2. The van der Waals surface area contributed by atoms with Crippen LogP contribution in [0.1, 0.15) is 58.2 Å². The Morgan fingerprint density at radius 1 is 0.911 bits per heavy atom. The van der Waals surface area contributed by atoms with E-state index >= 15 is 0 Å². The highest BCUT2D eigenvalue weighted by Crippen LogP contribution is 2.39. The highest BCUT2D eigenvalue weighted by molar-refractivity contribution is 6.04. The van der Waals surface area contributed by atoms with Crippen LogP contribution in [0.25, 0.3) is 5.57 Å². The highest BCUT2D eigenvalue weighted by atomic mass is 16.5. The molecule has 2 fully saturated rings. The summed E-state index contributed by atoms with van der Waals surface area (Å²) in [5.41, 5.74) is 9.82. The lowest BCUT2D eigenvalue weighted by Gasteiger charge is -2.47. The third-order valence-electron chi connectivity index (χ3n) is 9.94. The summed E-state index contributed by atoms with van der Waals surface area (Å²) >= 11 is 0. The summed E-state index contributed by atoms with van der Waals surface area (Å²) in [6.45, 7) is 10.6. The number of carbonyl (C=O) groups is 2. The van der Waals surface area contributed by atoms with Gasteiger partial charge in [0.05, 0.1) is 18.7 Å². The van der Waals surface area contributed by atoms with E-state index in [1.54, 1.807) is 0 Å². The first-order valence-corrected chi connectivity index (χ1v) is 16.3. The van der Waals surface area contributed by atoms with Gasteiger partial charge in [-0.2, -0.15) is 0 Å². The largest absolute Gasteiger partial charge is 0.493 e. The fraction of sp³-hybridized carbons (Fsp3) is 0.421. The zero-order valence-corrected chi connectivity index (χ0v) is 26.9. The van der Waals surface area contributed by atoms with Gasteiger partial charge in [-0.25, -0.2) is 4.79 Å². The minimum absolute atomic E-state index is 0.0131. The van der Waals surface area contributed by atoms with E-state index in [0.29, 0.717) is 38.2 Å². The molecule has 7 heteroatoms. The van der Waals surface area contributed by atoms with Crippen molar-refractivity contribution in [2.75, 3.05) is 26.2 Å². The van der Waals surface area contributed by atoms with Crippen molar-refractivity contribution in [3.05, 3.63) is 105 Å². The van der Waals surface area contributed by atoms with Crippen LogP contribution in [0.3, 0.4) is 0 Å². The summed E-state index contributed by atoms with van der Waals surface area (Å²) in [4.78, 5) is 30.6. The molecule has 0 unspecified atom stereocenters. The zero-order valence-electron chi connectivity index (χ0n) is 26.9. The minimum Gasteiger partial charge on any atom is -0.493 e. The number of nitrogens with one attached hydrogen (secondary N) is 1. The van der Waals surface area contributed by atoms with E-state index in [0.717, 1.165) is 53.7 Å². The molecule has 45 heavy (non-hydrogen) atoms. The maximum absolute atomic E-state index is 14.6. The van der Waals surface area contributed by atoms with Crippen molar-refractivity contribution in [1.29, 1.82) is 0 Å². The van der Waals surface area contributed by atoms with Gasteiger partial charge in [-0.15, -0.1) is 0 Å². The predicted molar refractivity (Wildman–Crippen MR) is 178 cm³/mol. The SMILES string of the molecule is Cc1ccccc1CCN(C(=O)C1=C(c2ccc(CCOc3c(C)ccc(C)c3C)cc2)C[C@@H]2CNC[C@H]1N2C(=O)O)C1CC1. The smallest absolute Gasteiger partial charge is 0.408 e. The molecular weight excluding hydrogens is 562 g/mol. The standard InChI is InChI=1S/C38H45N3O4/c1-24-9-10-26(3)36(27(24)4)45-20-18-28-11-13-30(14-12-28)33-21-32-22-39-23-34(41(32)38(43)44)35(33)37(42)40(31-15-16-31)19-17-29-8-6-5-7-25(29)2/h5-14,31-32,34,39H,15-23H2,1-4H3,(H,43,44)/t32-,34-/m1/s1. The van der Waals surface area contributed by atoms with Crippen molar-refractivity contribution in [3.8, 4) is 5.75 Å². The number of benzene rings is 3. The van der Waals surface area contributed by atoms with Gasteiger partial charge in [0.1, 0.15) is 5.75 Å². The number of fused-ring (bicyclic) bond motifs is 2. The molecule has 3 aliphatic rings. The molecule has 2 heterocycles. The second-order valence-electron chi connectivity index (χ2n) is 13.0. The summed E-state index contributed by atoms with van der Waals surface area (Å²) in [5, 5.41) is 13.6. The van der Waals surface area contributed by atoms with Crippen LogP contribution in [0.4, 0.5) is 4.79 Å². The number of hydrogen-bond acceptors (Lipinski definition) is 4. The van der Waals surface area contributed by atoms with E-state index in [4.69, 9.17) is 4.74 Å². The van der Waals surface area contributed by atoms with Crippen LogP contribution < -0.4 is 10.1 Å². The van der Waals surface area contributed by atoms with Gasteiger partial charge in [0.25, 0.3) is 5.91 Å². The van der Waals surface area contributed by atoms with Gasteiger partial charge in [0.15, 0.2) is 0 Å². The first kappa shape index (κ1) is 30.9. The van der Waals surface area contributed by atoms with Crippen molar-refractivity contribution in [2.24, 2.45) is 0 Å². The third-order valence-corrected chi connectivity index (χ3v) is 9.94. The Labute approximate surface area is 266 Å². The quantitative estimate of drug-likeness (QED) is 0.285. The predicted octanol–water partition coefficient (Wildman–Crippen LogP) is 6.25. The normalized spacial score (nSPS) is 19.4. The maximum atomic E-state index is 14.6. The van der Waals surface area contributed by atoms with Gasteiger partial charge < -0.3 is 20.1 Å². The Balaban J connectivity index is 1.26. The van der Waals surface area contributed by atoms with Crippen LogP contribution in [0, 0.1) is 27.7 Å². The molecule has 6 rings (SSSR count). The monoisotopic (exact) mass is 607 g/mol. The summed E-state index contributed by atoms with van der Waals surface area (Å²) in [5.74, 6) is 0.953. The van der Waals surface area contributed by atoms with Gasteiger partial charge in [-0.1, -0.05) is 60.7 Å². The van der Waals surface area contributed by atoms with Gasteiger partial charge >= 0.3 is 6.09 Å². The summed E-state index contributed by atoms with van der Waals surface area (Å²) < 4.78 is 6.22. The second-order valence-corrected chi connectivity index (χ2v) is 13.0. The lowest BCUT2D eigenvalue weighted by atomic mass is 9.81. The lowest BCUT2D eigenvalue weighted by molar-refractivity contribution is -0.128. The van der Waals surface area contributed by atoms with Crippen LogP contribution in [0.2, 0.25) is 0 Å². The molecule has 0 aromatic heterocycles. The van der Waals surface area contributed by atoms with Crippen molar-refractivity contribution < 1.29 is 19.4 Å². The molecule has 3 aromatic rings. The van der Waals surface area contributed by atoms with Crippen LogP contribution in [-0.2, 0) is 17.6 Å². The fourth-order valence-electron chi connectivity index (χ4n) is 7.04. The van der Waals surface area contributed by atoms with E-state index < -0.39 is 12.1 Å². The molecule has 3 aromatic carbocycles. The van der Waals surface area contributed by atoms with E-state index in [1.807, 2.05) is 17.0 Å². The molecule has 2 amide bonds. The Kier molecular flexibility index (Phi) is 8.99. The molecule has 0 radical (unpaired) electrons. The molecule has 0 spiro atoms. The lowest BCUT2D eigenvalue weighted by Crippen LogP contribution is -2.63. The molecule has 7 nitrogen and oxygen atoms in total. The van der Waals surface area contributed by atoms with Gasteiger partial charge in [-0.05, 0) is 97.9 Å². The van der Waals surface area contributed by atoms with Crippen molar-refractivity contribution in [3.63, 3.8) is 0 Å². The number of carbonyl (C=O) groups excluding carboxylic acids is 1. The molecule has 236 valence electrons. The maximum Gasteiger partial charge on any atom is 0.408 e. The first-order chi connectivity index (χ1) is 21.7. The van der Waals surface area contributed by atoms with Crippen molar-refractivity contribution in [2.45, 2.75) is 77.9 Å². The summed E-state index contributed by atoms with van der Waals surface area (Å²) in [6.07, 6.45) is 3.10. The van der Waals surface area contributed by atoms with Gasteiger partial charge in [-0.3, -0.25) is 9.69 Å². The highest BCUT2D eigenvalue weighted by Gasteiger charge is 2.46. The van der Waals surface area contributed by atoms with Crippen molar-refractivity contribution in [1.82, 2.24) is 15.1 Å². The fourth-order valence-corrected chi connectivity index (χ4v) is 7.04. The van der Waals surface area contributed by atoms with Crippen LogP contribution >= 0.6 is 0 Å². The number of piperazine rings is 1. The summed E-state index contributed by atoms with van der Waals surface area (Å²) in [6, 6.07) is 20.5. The van der Waals surface area contributed by atoms with Gasteiger partial charge in [0, 0.05) is 37.7 Å². The van der Waals surface area contributed by atoms with Gasteiger partial charge in [0.2, 0.25) is 0 Å². The van der Waals surface area contributed by atoms with Crippen LogP contribution in [0.15, 0.2) is 66.2 Å². The van der Waals surface area contributed by atoms with E-state index in [2.05, 4.69) is 81.5 Å². The van der Waals surface area contributed by atoms with E-state index in [1.165, 1.54) is 27.2 Å². The Bertz CT molecular complexity index is 1610. The number of ether oxygens (including phenoxy) is 1. The number of amides is 2. The molecule has 1 saturated heterocycles. The average molecular weight is 608 g/mol. The van der Waals surface area contributed by atoms with Crippen LogP contribution in [-0.4, -0.2) is 71.3 Å². The van der Waals surface area contributed by atoms with Crippen LogP contribution in [0.5, 0.6) is 5.75 Å². The topological polar surface area (TPSA) is 82.1 Å². The molecule has 2 aliphatic heterocycles. The molecule has 1 aliphatic carbocycles. The molecule has 2 N–H and O–H groups in total. The Morgan fingerprint density at radius 3 is 2.36 bits per heavy atom.